The van der Waals surface area contributed by atoms with Gasteiger partial charge in [-0.05, 0) is 55.2 Å². The molecule has 0 radical (unpaired) electrons. The first-order valence-electron chi connectivity index (χ1n) is 8.48. The molecule has 1 aliphatic rings. The van der Waals surface area contributed by atoms with Crippen LogP contribution in [0.2, 0.25) is 0 Å². The third-order valence-corrected chi connectivity index (χ3v) is 6.07. The van der Waals surface area contributed by atoms with Crippen molar-refractivity contribution in [2.75, 3.05) is 11.9 Å². The first-order valence-corrected chi connectivity index (χ1v) is 9.96. The van der Waals surface area contributed by atoms with Crippen molar-refractivity contribution >= 4 is 26.7 Å². The Morgan fingerprint density at radius 2 is 2.08 bits per heavy atom. The number of hydrogen-bond acceptors (Lipinski definition) is 4. The number of hydrogen-bond donors (Lipinski definition) is 2. The van der Waals surface area contributed by atoms with Gasteiger partial charge in [0.2, 0.25) is 5.09 Å². The molecular weight excluding hydrogens is 355 g/mol. The van der Waals surface area contributed by atoms with Crippen molar-refractivity contribution in [3.63, 3.8) is 0 Å². The van der Waals surface area contributed by atoms with Crippen LogP contribution in [0.15, 0.2) is 45.9 Å². The summed E-state index contributed by atoms with van der Waals surface area (Å²) in [7, 11) is -3.84. The Balaban J connectivity index is 1.59. The van der Waals surface area contributed by atoms with Crippen LogP contribution in [0.1, 0.15) is 23.1 Å². The Labute approximate surface area is 151 Å². The van der Waals surface area contributed by atoms with Gasteiger partial charge < -0.3 is 9.73 Å². The largest absolute Gasteiger partial charge is 0.443 e. The molecule has 2 aromatic carbocycles. The number of halogens is 1. The first kappa shape index (κ1) is 17.1. The fraction of sp³-hybridized carbons (Fsp3) is 0.263. The number of aryl methyl sites for hydroxylation is 2. The molecule has 1 aromatic heterocycles. The lowest BCUT2D eigenvalue weighted by atomic mass is 10.0. The van der Waals surface area contributed by atoms with Crippen LogP contribution < -0.4 is 10.0 Å². The van der Waals surface area contributed by atoms with E-state index in [4.69, 9.17) is 4.42 Å². The zero-order valence-electron chi connectivity index (χ0n) is 14.3. The summed E-state index contributed by atoms with van der Waals surface area (Å²) in [6, 6.07) is 9.87. The molecule has 1 aliphatic heterocycles. The fourth-order valence-corrected chi connectivity index (χ4v) is 4.51. The van der Waals surface area contributed by atoms with Crippen LogP contribution in [-0.2, 0) is 23.0 Å². The lowest BCUT2D eigenvalue weighted by molar-refractivity contribution is 0.471. The second kappa shape index (κ2) is 6.41. The van der Waals surface area contributed by atoms with Crippen molar-refractivity contribution in [3.8, 4) is 0 Å². The van der Waals surface area contributed by atoms with Gasteiger partial charge in [-0.2, -0.15) is 0 Å². The van der Waals surface area contributed by atoms with E-state index in [-0.39, 0.29) is 11.6 Å². The molecule has 0 saturated heterocycles. The standard InChI is InChI=1S/C19H19FN2O3S/c1-12-16-10-15(20)5-7-18(16)25-19(12)26(23,24)22-11-13-4-6-17-14(9-13)3-2-8-21-17/h4-7,9-10,21-22H,2-3,8,11H2,1H3. The maximum absolute atomic E-state index is 13.4. The van der Waals surface area contributed by atoms with E-state index >= 15 is 0 Å². The van der Waals surface area contributed by atoms with Gasteiger partial charge in [-0.3, -0.25) is 0 Å². The maximum atomic E-state index is 13.4. The molecule has 7 heteroatoms. The summed E-state index contributed by atoms with van der Waals surface area (Å²) in [6.07, 6.45) is 2.05. The van der Waals surface area contributed by atoms with Gasteiger partial charge in [-0.15, -0.1) is 0 Å². The van der Waals surface area contributed by atoms with Gasteiger partial charge in [-0.25, -0.2) is 17.5 Å². The third kappa shape index (κ3) is 3.08. The van der Waals surface area contributed by atoms with Gasteiger partial charge in [-0.1, -0.05) is 12.1 Å². The molecule has 0 unspecified atom stereocenters. The number of sulfonamides is 1. The zero-order valence-corrected chi connectivity index (χ0v) is 15.1. The Hall–Kier alpha value is -2.38. The molecule has 0 bridgehead atoms. The number of nitrogens with one attached hydrogen (secondary N) is 2. The quantitative estimate of drug-likeness (QED) is 0.730. The summed E-state index contributed by atoms with van der Waals surface area (Å²) in [5.74, 6) is -0.430. The number of benzene rings is 2. The Morgan fingerprint density at radius 3 is 2.92 bits per heavy atom. The molecule has 0 amide bonds. The highest BCUT2D eigenvalue weighted by molar-refractivity contribution is 7.89. The summed E-state index contributed by atoms with van der Waals surface area (Å²) >= 11 is 0. The second-order valence-corrected chi connectivity index (χ2v) is 8.17. The predicted molar refractivity (Wildman–Crippen MR) is 98.2 cm³/mol. The topological polar surface area (TPSA) is 71.3 Å². The van der Waals surface area contributed by atoms with Crippen LogP contribution in [-0.4, -0.2) is 15.0 Å². The van der Waals surface area contributed by atoms with E-state index in [0.717, 1.165) is 30.6 Å². The van der Waals surface area contributed by atoms with Crippen LogP contribution in [0, 0.1) is 12.7 Å². The maximum Gasteiger partial charge on any atom is 0.274 e. The second-order valence-electron chi connectivity index (χ2n) is 6.50. The average Bonchev–Trinajstić information content (AvgIpc) is 2.97. The highest BCUT2D eigenvalue weighted by atomic mass is 32.2. The van der Waals surface area contributed by atoms with Crippen molar-refractivity contribution in [1.82, 2.24) is 4.72 Å². The smallest absolute Gasteiger partial charge is 0.274 e. The summed E-state index contributed by atoms with van der Waals surface area (Å²) in [5, 5.41) is 3.63. The van der Waals surface area contributed by atoms with Gasteiger partial charge in [0.15, 0.2) is 0 Å². The third-order valence-electron chi connectivity index (χ3n) is 4.67. The molecule has 26 heavy (non-hydrogen) atoms. The van der Waals surface area contributed by atoms with Crippen LogP contribution in [0.3, 0.4) is 0 Å². The predicted octanol–water partition coefficient (Wildman–Crippen LogP) is 3.72. The number of fused-ring (bicyclic) bond motifs is 2. The van der Waals surface area contributed by atoms with Gasteiger partial charge in [0, 0.05) is 29.7 Å². The Kier molecular flexibility index (Phi) is 4.20. The van der Waals surface area contributed by atoms with Crippen molar-refractivity contribution in [2.45, 2.75) is 31.4 Å². The van der Waals surface area contributed by atoms with Crippen molar-refractivity contribution in [1.29, 1.82) is 0 Å². The minimum atomic E-state index is -3.84. The molecule has 5 nitrogen and oxygen atoms in total. The molecule has 0 saturated carbocycles. The van der Waals surface area contributed by atoms with E-state index in [1.807, 2.05) is 18.2 Å². The Bertz CT molecular complexity index is 1090. The molecule has 0 spiro atoms. The van der Waals surface area contributed by atoms with Gasteiger partial charge in [0.05, 0.1) is 0 Å². The molecule has 4 rings (SSSR count). The van der Waals surface area contributed by atoms with Gasteiger partial charge >= 0.3 is 0 Å². The SMILES string of the molecule is Cc1c(S(=O)(=O)NCc2ccc3c(c2)CCCN3)oc2ccc(F)cc12. The average molecular weight is 374 g/mol. The van der Waals surface area contributed by atoms with E-state index in [9.17, 15) is 12.8 Å². The number of furan rings is 1. The Morgan fingerprint density at radius 1 is 1.23 bits per heavy atom. The highest BCUT2D eigenvalue weighted by Crippen LogP contribution is 2.29. The van der Waals surface area contributed by atoms with Crippen molar-refractivity contribution < 1.29 is 17.2 Å². The first-order chi connectivity index (χ1) is 12.4. The lowest BCUT2D eigenvalue weighted by Gasteiger charge is -2.18. The van der Waals surface area contributed by atoms with Crippen molar-refractivity contribution in [2.24, 2.45) is 0 Å². The van der Waals surface area contributed by atoms with E-state index < -0.39 is 15.8 Å². The number of rotatable bonds is 4. The molecule has 2 heterocycles. The fourth-order valence-electron chi connectivity index (χ4n) is 3.31. The minimum Gasteiger partial charge on any atom is -0.443 e. The summed E-state index contributed by atoms with van der Waals surface area (Å²) in [5.41, 5.74) is 3.95. The normalized spacial score (nSPS) is 14.2. The van der Waals surface area contributed by atoms with E-state index in [2.05, 4.69) is 10.0 Å². The van der Waals surface area contributed by atoms with Crippen LogP contribution in [0.25, 0.3) is 11.0 Å². The number of anilines is 1. The summed E-state index contributed by atoms with van der Waals surface area (Å²) in [4.78, 5) is 0. The lowest BCUT2D eigenvalue weighted by Crippen LogP contribution is -2.23. The molecule has 3 aromatic rings. The van der Waals surface area contributed by atoms with E-state index in [1.165, 1.54) is 23.8 Å². The molecule has 0 atom stereocenters. The van der Waals surface area contributed by atoms with E-state index in [0.29, 0.717) is 16.5 Å². The zero-order chi connectivity index (χ0) is 18.3. The molecular formula is C19H19FN2O3S. The van der Waals surface area contributed by atoms with Crippen LogP contribution >= 0.6 is 0 Å². The van der Waals surface area contributed by atoms with E-state index in [1.54, 1.807) is 6.92 Å². The summed E-state index contributed by atoms with van der Waals surface area (Å²) < 4.78 is 46.8. The minimum absolute atomic E-state index is 0.167. The van der Waals surface area contributed by atoms with Crippen molar-refractivity contribution in [3.05, 3.63) is 58.9 Å². The monoisotopic (exact) mass is 374 g/mol. The molecule has 0 aliphatic carbocycles. The van der Waals surface area contributed by atoms with Gasteiger partial charge in [0.1, 0.15) is 11.4 Å². The molecule has 2 N–H and O–H groups in total. The van der Waals surface area contributed by atoms with Crippen LogP contribution in [0.4, 0.5) is 10.1 Å². The summed E-state index contributed by atoms with van der Waals surface area (Å²) in [6.45, 7) is 2.75. The molecule has 136 valence electrons. The molecule has 0 fully saturated rings. The van der Waals surface area contributed by atoms with Crippen LogP contribution in [0.5, 0.6) is 0 Å². The van der Waals surface area contributed by atoms with Gasteiger partial charge in [0.25, 0.3) is 10.0 Å². The highest BCUT2D eigenvalue weighted by Gasteiger charge is 2.24.